The van der Waals surface area contributed by atoms with Crippen LogP contribution in [0, 0.1) is 17.6 Å². The first kappa shape index (κ1) is 15.4. The number of benzene rings is 1. The van der Waals surface area contributed by atoms with Crippen LogP contribution in [0.4, 0.5) is 8.78 Å². The van der Waals surface area contributed by atoms with E-state index in [2.05, 4.69) is 12.2 Å². The van der Waals surface area contributed by atoms with Crippen molar-refractivity contribution in [2.24, 2.45) is 5.92 Å². The maximum atomic E-state index is 13.6. The second-order valence-corrected chi connectivity index (χ2v) is 5.65. The van der Waals surface area contributed by atoms with Gasteiger partial charge in [0.15, 0.2) is 0 Å². The largest absolute Gasteiger partial charge is 0.387 e. The van der Waals surface area contributed by atoms with Gasteiger partial charge in [-0.05, 0) is 24.8 Å². The standard InChI is InChI=1S/C16H23F2NO/c1-2-11-5-3-4-6-15(11)19-10-16(20)13-8-7-12(17)9-14(13)18/h7-9,11,15-16,19-20H,2-6,10H2,1H3. The molecule has 3 unspecified atom stereocenters. The first-order valence-electron chi connectivity index (χ1n) is 7.48. The number of halogens is 2. The quantitative estimate of drug-likeness (QED) is 0.866. The lowest BCUT2D eigenvalue weighted by Gasteiger charge is -2.32. The van der Waals surface area contributed by atoms with E-state index in [1.165, 1.54) is 31.4 Å². The monoisotopic (exact) mass is 283 g/mol. The zero-order chi connectivity index (χ0) is 14.5. The molecular formula is C16H23F2NO. The third-order valence-electron chi connectivity index (χ3n) is 4.33. The van der Waals surface area contributed by atoms with Crippen molar-refractivity contribution >= 4 is 0 Å². The Hall–Kier alpha value is -1.00. The van der Waals surface area contributed by atoms with Gasteiger partial charge in [-0.25, -0.2) is 8.78 Å². The Kier molecular flexibility index (Phi) is 5.49. The zero-order valence-corrected chi connectivity index (χ0v) is 11.9. The third kappa shape index (κ3) is 3.76. The van der Waals surface area contributed by atoms with Gasteiger partial charge < -0.3 is 10.4 Å². The van der Waals surface area contributed by atoms with Crippen LogP contribution in [-0.4, -0.2) is 17.7 Å². The molecule has 1 saturated carbocycles. The van der Waals surface area contributed by atoms with Crippen LogP contribution in [0.1, 0.15) is 50.7 Å². The second-order valence-electron chi connectivity index (χ2n) is 5.65. The molecule has 0 radical (unpaired) electrons. The van der Waals surface area contributed by atoms with Gasteiger partial charge in [-0.15, -0.1) is 0 Å². The minimum Gasteiger partial charge on any atom is -0.387 e. The van der Waals surface area contributed by atoms with Crippen LogP contribution in [0.25, 0.3) is 0 Å². The number of aliphatic hydroxyl groups is 1. The van der Waals surface area contributed by atoms with Gasteiger partial charge in [0.05, 0.1) is 6.10 Å². The SMILES string of the molecule is CCC1CCCCC1NCC(O)c1ccc(F)cc1F. The molecule has 2 nitrogen and oxygen atoms in total. The van der Waals surface area contributed by atoms with Crippen molar-refractivity contribution in [2.75, 3.05) is 6.54 Å². The van der Waals surface area contributed by atoms with Crippen molar-refractivity contribution < 1.29 is 13.9 Å². The molecule has 1 aliphatic carbocycles. The summed E-state index contributed by atoms with van der Waals surface area (Å²) in [7, 11) is 0. The molecule has 1 fully saturated rings. The molecule has 20 heavy (non-hydrogen) atoms. The summed E-state index contributed by atoms with van der Waals surface area (Å²) in [4.78, 5) is 0. The number of hydrogen-bond donors (Lipinski definition) is 2. The predicted molar refractivity (Wildman–Crippen MR) is 75.4 cm³/mol. The van der Waals surface area contributed by atoms with E-state index < -0.39 is 17.7 Å². The summed E-state index contributed by atoms with van der Waals surface area (Å²) in [5.41, 5.74) is 0.155. The average molecular weight is 283 g/mol. The van der Waals surface area contributed by atoms with Crippen LogP contribution < -0.4 is 5.32 Å². The summed E-state index contributed by atoms with van der Waals surface area (Å²) in [5.74, 6) is -0.672. The van der Waals surface area contributed by atoms with Crippen LogP contribution in [0.3, 0.4) is 0 Å². The van der Waals surface area contributed by atoms with Crippen LogP contribution in [0.15, 0.2) is 18.2 Å². The van der Waals surface area contributed by atoms with E-state index in [1.54, 1.807) is 0 Å². The normalized spacial score (nSPS) is 24.6. The number of hydrogen-bond acceptors (Lipinski definition) is 2. The molecule has 3 atom stereocenters. The van der Waals surface area contributed by atoms with Gasteiger partial charge in [-0.1, -0.05) is 32.3 Å². The smallest absolute Gasteiger partial charge is 0.131 e. The first-order chi connectivity index (χ1) is 9.61. The highest BCUT2D eigenvalue weighted by Gasteiger charge is 2.24. The fourth-order valence-electron chi connectivity index (χ4n) is 3.11. The van der Waals surface area contributed by atoms with Crippen molar-refractivity contribution in [1.29, 1.82) is 0 Å². The topological polar surface area (TPSA) is 32.3 Å². The molecule has 0 spiro atoms. The molecule has 2 N–H and O–H groups in total. The minimum absolute atomic E-state index is 0.155. The minimum atomic E-state index is -0.935. The van der Waals surface area contributed by atoms with E-state index in [1.807, 2.05) is 0 Å². The van der Waals surface area contributed by atoms with Gasteiger partial charge in [0, 0.05) is 24.2 Å². The van der Waals surface area contributed by atoms with Gasteiger partial charge in [-0.3, -0.25) is 0 Å². The van der Waals surface area contributed by atoms with Crippen molar-refractivity contribution in [3.63, 3.8) is 0 Å². The molecule has 0 heterocycles. The van der Waals surface area contributed by atoms with Crippen molar-refractivity contribution in [2.45, 2.75) is 51.2 Å². The summed E-state index contributed by atoms with van der Waals surface area (Å²) >= 11 is 0. The number of rotatable bonds is 5. The Bertz CT molecular complexity index is 438. The van der Waals surface area contributed by atoms with Crippen molar-refractivity contribution in [3.8, 4) is 0 Å². The van der Waals surface area contributed by atoms with E-state index in [9.17, 15) is 13.9 Å². The Morgan fingerprint density at radius 3 is 2.75 bits per heavy atom. The van der Waals surface area contributed by atoms with E-state index in [0.29, 0.717) is 18.5 Å². The molecule has 4 heteroatoms. The van der Waals surface area contributed by atoms with Gasteiger partial charge in [0.2, 0.25) is 0 Å². The lowest BCUT2D eigenvalue weighted by atomic mass is 9.83. The average Bonchev–Trinajstić information content (AvgIpc) is 2.45. The van der Waals surface area contributed by atoms with Gasteiger partial charge in [-0.2, -0.15) is 0 Å². The van der Waals surface area contributed by atoms with E-state index in [4.69, 9.17) is 0 Å². The molecule has 1 aliphatic rings. The molecule has 0 aliphatic heterocycles. The molecule has 0 aromatic heterocycles. The lowest BCUT2D eigenvalue weighted by Crippen LogP contribution is -2.40. The maximum Gasteiger partial charge on any atom is 0.131 e. The van der Waals surface area contributed by atoms with Crippen molar-refractivity contribution in [3.05, 3.63) is 35.4 Å². The molecule has 0 amide bonds. The lowest BCUT2D eigenvalue weighted by molar-refractivity contribution is 0.150. The maximum absolute atomic E-state index is 13.6. The van der Waals surface area contributed by atoms with Crippen LogP contribution >= 0.6 is 0 Å². The first-order valence-corrected chi connectivity index (χ1v) is 7.48. The Morgan fingerprint density at radius 2 is 2.05 bits per heavy atom. The summed E-state index contributed by atoms with van der Waals surface area (Å²) < 4.78 is 26.4. The zero-order valence-electron chi connectivity index (χ0n) is 11.9. The third-order valence-corrected chi connectivity index (χ3v) is 4.33. The van der Waals surface area contributed by atoms with Crippen molar-refractivity contribution in [1.82, 2.24) is 5.32 Å². The molecule has 2 rings (SSSR count). The Morgan fingerprint density at radius 1 is 1.30 bits per heavy atom. The Balaban J connectivity index is 1.92. The highest BCUT2D eigenvalue weighted by atomic mass is 19.1. The van der Waals surface area contributed by atoms with E-state index in [0.717, 1.165) is 18.9 Å². The van der Waals surface area contributed by atoms with Crippen LogP contribution in [0.5, 0.6) is 0 Å². The van der Waals surface area contributed by atoms with Crippen LogP contribution in [0.2, 0.25) is 0 Å². The second kappa shape index (κ2) is 7.14. The van der Waals surface area contributed by atoms with E-state index in [-0.39, 0.29) is 5.56 Å². The number of aliphatic hydroxyl groups excluding tert-OH is 1. The molecule has 0 bridgehead atoms. The highest BCUT2D eigenvalue weighted by molar-refractivity contribution is 5.21. The molecule has 0 saturated heterocycles. The molecule has 1 aromatic carbocycles. The number of nitrogens with one attached hydrogen (secondary N) is 1. The van der Waals surface area contributed by atoms with Gasteiger partial charge in [0.1, 0.15) is 11.6 Å². The molecule has 112 valence electrons. The van der Waals surface area contributed by atoms with Gasteiger partial charge in [0.25, 0.3) is 0 Å². The van der Waals surface area contributed by atoms with Crippen LogP contribution in [-0.2, 0) is 0 Å². The fraction of sp³-hybridized carbons (Fsp3) is 0.625. The Labute approximate surface area is 119 Å². The molecule has 1 aromatic rings. The summed E-state index contributed by atoms with van der Waals surface area (Å²) in [6, 6.07) is 3.70. The highest BCUT2D eigenvalue weighted by Crippen LogP contribution is 2.27. The summed E-state index contributed by atoms with van der Waals surface area (Å²) in [6.07, 6.45) is 4.99. The summed E-state index contributed by atoms with van der Waals surface area (Å²) in [5, 5.41) is 13.4. The van der Waals surface area contributed by atoms with Gasteiger partial charge >= 0.3 is 0 Å². The fourth-order valence-corrected chi connectivity index (χ4v) is 3.11. The van der Waals surface area contributed by atoms with E-state index >= 15 is 0 Å². The molecular weight excluding hydrogens is 260 g/mol. The summed E-state index contributed by atoms with van der Waals surface area (Å²) in [6.45, 7) is 2.49. The predicted octanol–water partition coefficient (Wildman–Crippen LogP) is 3.56.